The predicted octanol–water partition coefficient (Wildman–Crippen LogP) is 2.16. The normalized spacial score (nSPS) is 18.7. The molecule has 1 aromatic rings. The van der Waals surface area contributed by atoms with Crippen LogP contribution in [0.1, 0.15) is 18.0 Å². The van der Waals surface area contributed by atoms with Crippen LogP contribution in [0.25, 0.3) is 0 Å². The number of halogens is 1. The first kappa shape index (κ1) is 12.1. The van der Waals surface area contributed by atoms with Gasteiger partial charge in [-0.1, -0.05) is 0 Å². The van der Waals surface area contributed by atoms with Gasteiger partial charge in [-0.05, 0) is 30.7 Å². The average Bonchev–Trinajstić information content (AvgIpc) is 2.14. The van der Waals surface area contributed by atoms with Gasteiger partial charge in [0.25, 0.3) is 0 Å². The van der Waals surface area contributed by atoms with Crippen molar-refractivity contribution in [2.45, 2.75) is 12.5 Å². The molecule has 0 unspecified atom stereocenters. The minimum Gasteiger partial charge on any atom is -0.497 e. The maximum absolute atomic E-state index is 5.21. The number of ether oxygens (including phenoxy) is 2. The van der Waals surface area contributed by atoms with Crippen molar-refractivity contribution in [3.05, 3.63) is 23.8 Å². The van der Waals surface area contributed by atoms with Crippen LogP contribution in [-0.2, 0) is 0 Å². The van der Waals surface area contributed by atoms with Crippen LogP contribution in [-0.4, -0.2) is 20.8 Å². The second-order valence-corrected chi connectivity index (χ2v) is 3.44. The molecule has 1 heterocycles. The summed E-state index contributed by atoms with van der Waals surface area (Å²) in [6, 6.07) is 6.47. The Bertz CT molecular complexity index is 304. The molecule has 1 aliphatic heterocycles. The fraction of sp³-hybridized carbons (Fsp3) is 0.455. The zero-order valence-corrected chi connectivity index (χ0v) is 9.76. The summed E-state index contributed by atoms with van der Waals surface area (Å²) in [5.41, 5.74) is 1.24. The molecular weight excluding hydrogens is 214 g/mol. The summed E-state index contributed by atoms with van der Waals surface area (Å²) in [7, 11) is 3.35. The van der Waals surface area contributed by atoms with Gasteiger partial charge < -0.3 is 14.8 Å². The zero-order valence-electron chi connectivity index (χ0n) is 8.95. The first-order chi connectivity index (χ1) is 6.83. The van der Waals surface area contributed by atoms with Crippen LogP contribution in [0.5, 0.6) is 11.5 Å². The largest absolute Gasteiger partial charge is 0.497 e. The summed E-state index contributed by atoms with van der Waals surface area (Å²) >= 11 is 0. The van der Waals surface area contributed by atoms with Crippen molar-refractivity contribution in [3.63, 3.8) is 0 Å². The van der Waals surface area contributed by atoms with Gasteiger partial charge in [-0.25, -0.2) is 0 Å². The SMILES string of the molecule is COc1cc(OC)cc([C@@H]2CCN2)c1.Cl. The minimum absolute atomic E-state index is 0. The molecule has 1 fully saturated rings. The molecule has 0 amide bonds. The topological polar surface area (TPSA) is 30.5 Å². The Morgan fingerprint density at radius 3 is 2.00 bits per heavy atom. The summed E-state index contributed by atoms with van der Waals surface area (Å²) in [5.74, 6) is 1.71. The van der Waals surface area contributed by atoms with Gasteiger partial charge >= 0.3 is 0 Å². The zero-order chi connectivity index (χ0) is 9.97. The highest BCUT2D eigenvalue weighted by atomic mass is 35.5. The highest BCUT2D eigenvalue weighted by Crippen LogP contribution is 2.30. The lowest BCUT2D eigenvalue weighted by Crippen LogP contribution is -2.34. The number of nitrogens with one attached hydrogen (secondary N) is 1. The second-order valence-electron chi connectivity index (χ2n) is 3.44. The molecule has 15 heavy (non-hydrogen) atoms. The molecule has 1 aliphatic rings. The van der Waals surface area contributed by atoms with Gasteiger partial charge in [-0.3, -0.25) is 0 Å². The van der Waals surface area contributed by atoms with E-state index in [0.717, 1.165) is 18.0 Å². The lowest BCUT2D eigenvalue weighted by atomic mass is 9.97. The van der Waals surface area contributed by atoms with Crippen LogP contribution in [0.4, 0.5) is 0 Å². The van der Waals surface area contributed by atoms with E-state index in [4.69, 9.17) is 9.47 Å². The van der Waals surface area contributed by atoms with E-state index in [1.807, 2.05) is 6.07 Å². The third-order valence-corrected chi connectivity index (χ3v) is 2.60. The lowest BCUT2D eigenvalue weighted by molar-refractivity contribution is 0.368. The molecule has 0 bridgehead atoms. The van der Waals surface area contributed by atoms with Crippen LogP contribution in [0, 0.1) is 0 Å². The van der Waals surface area contributed by atoms with Crippen molar-refractivity contribution in [3.8, 4) is 11.5 Å². The molecule has 1 saturated heterocycles. The molecule has 0 aromatic heterocycles. The standard InChI is InChI=1S/C11H15NO2.ClH/c1-13-9-5-8(11-3-4-12-11)6-10(7-9)14-2;/h5-7,11-12H,3-4H2,1-2H3;1H/t11-;/m0./s1. The van der Waals surface area contributed by atoms with Crippen molar-refractivity contribution in [1.29, 1.82) is 0 Å². The number of benzene rings is 1. The molecule has 4 heteroatoms. The van der Waals surface area contributed by atoms with Gasteiger partial charge in [-0.2, -0.15) is 0 Å². The Kier molecular flexibility index (Phi) is 4.24. The third-order valence-electron chi connectivity index (χ3n) is 2.60. The number of methoxy groups -OCH3 is 2. The van der Waals surface area contributed by atoms with E-state index in [1.54, 1.807) is 14.2 Å². The molecular formula is C11H16ClNO2. The lowest BCUT2D eigenvalue weighted by Gasteiger charge is -2.28. The number of hydrogen-bond donors (Lipinski definition) is 1. The quantitative estimate of drug-likeness (QED) is 0.862. The minimum atomic E-state index is 0. The van der Waals surface area contributed by atoms with Crippen LogP contribution in [0.3, 0.4) is 0 Å². The van der Waals surface area contributed by atoms with E-state index in [9.17, 15) is 0 Å². The van der Waals surface area contributed by atoms with E-state index in [1.165, 1.54) is 12.0 Å². The van der Waals surface area contributed by atoms with Gasteiger partial charge in [0.2, 0.25) is 0 Å². The molecule has 0 spiro atoms. The Morgan fingerprint density at radius 1 is 1.13 bits per heavy atom. The number of rotatable bonds is 3. The molecule has 3 nitrogen and oxygen atoms in total. The maximum Gasteiger partial charge on any atom is 0.122 e. The van der Waals surface area contributed by atoms with E-state index < -0.39 is 0 Å². The molecule has 1 atom stereocenters. The van der Waals surface area contributed by atoms with Gasteiger partial charge in [0.15, 0.2) is 0 Å². The average molecular weight is 230 g/mol. The molecule has 0 aliphatic carbocycles. The van der Waals surface area contributed by atoms with E-state index in [-0.39, 0.29) is 12.4 Å². The van der Waals surface area contributed by atoms with Crippen LogP contribution in [0.2, 0.25) is 0 Å². The Morgan fingerprint density at radius 2 is 1.67 bits per heavy atom. The second kappa shape index (κ2) is 5.24. The van der Waals surface area contributed by atoms with E-state index in [0.29, 0.717) is 6.04 Å². The third kappa shape index (κ3) is 2.55. The fourth-order valence-corrected chi connectivity index (χ4v) is 1.60. The number of hydrogen-bond acceptors (Lipinski definition) is 3. The van der Waals surface area contributed by atoms with E-state index >= 15 is 0 Å². The van der Waals surface area contributed by atoms with Gasteiger partial charge in [0, 0.05) is 12.1 Å². The molecule has 1 N–H and O–H groups in total. The molecule has 2 rings (SSSR count). The first-order valence-corrected chi connectivity index (χ1v) is 4.80. The smallest absolute Gasteiger partial charge is 0.122 e. The van der Waals surface area contributed by atoms with Gasteiger partial charge in [0.05, 0.1) is 14.2 Å². The van der Waals surface area contributed by atoms with Crippen LogP contribution >= 0.6 is 12.4 Å². The first-order valence-electron chi connectivity index (χ1n) is 4.80. The van der Waals surface area contributed by atoms with Crippen LogP contribution in [0.15, 0.2) is 18.2 Å². The Hall–Kier alpha value is -0.930. The summed E-state index contributed by atoms with van der Waals surface area (Å²) in [6.45, 7) is 1.10. The highest BCUT2D eigenvalue weighted by molar-refractivity contribution is 5.85. The highest BCUT2D eigenvalue weighted by Gasteiger charge is 2.19. The van der Waals surface area contributed by atoms with E-state index in [2.05, 4.69) is 17.4 Å². The van der Waals surface area contributed by atoms with Crippen molar-refractivity contribution >= 4 is 12.4 Å². The maximum atomic E-state index is 5.21. The van der Waals surface area contributed by atoms with Crippen molar-refractivity contribution in [1.82, 2.24) is 5.32 Å². The molecule has 0 saturated carbocycles. The van der Waals surface area contributed by atoms with Crippen molar-refractivity contribution < 1.29 is 9.47 Å². The molecule has 84 valence electrons. The van der Waals surface area contributed by atoms with Gasteiger partial charge in [-0.15, -0.1) is 12.4 Å². The monoisotopic (exact) mass is 229 g/mol. The van der Waals surface area contributed by atoms with Gasteiger partial charge in [0.1, 0.15) is 11.5 Å². The van der Waals surface area contributed by atoms with Crippen molar-refractivity contribution in [2.75, 3.05) is 20.8 Å². The summed E-state index contributed by atoms with van der Waals surface area (Å²) in [5, 5.41) is 3.35. The summed E-state index contributed by atoms with van der Waals surface area (Å²) in [6.07, 6.45) is 1.19. The fourth-order valence-electron chi connectivity index (χ4n) is 1.60. The predicted molar refractivity (Wildman–Crippen MR) is 62.2 cm³/mol. The Balaban J connectivity index is 0.00000112. The van der Waals surface area contributed by atoms with Crippen molar-refractivity contribution in [2.24, 2.45) is 0 Å². The molecule has 0 radical (unpaired) electrons. The summed E-state index contributed by atoms with van der Waals surface area (Å²) < 4.78 is 10.4. The Labute approximate surface area is 96.2 Å². The molecule has 1 aromatic carbocycles. The van der Waals surface area contributed by atoms with Crippen LogP contribution < -0.4 is 14.8 Å². The summed E-state index contributed by atoms with van der Waals surface area (Å²) in [4.78, 5) is 0.